The molecule has 0 atom stereocenters. The molecule has 0 saturated heterocycles. The zero-order valence-electron chi connectivity index (χ0n) is 10.2. The summed E-state index contributed by atoms with van der Waals surface area (Å²) >= 11 is 5.70. The molecular weight excluding hydrogens is 303 g/mol. The van der Waals surface area contributed by atoms with Gasteiger partial charge in [-0.05, 0) is 24.9 Å². The third kappa shape index (κ3) is 5.71. The molecule has 9 heteroatoms. The largest absolute Gasteiger partial charge is 0.350 e. The Kier molecular flexibility index (Phi) is 7.25. The summed E-state index contributed by atoms with van der Waals surface area (Å²) in [6, 6.07) is 0. The third-order valence-corrected chi connectivity index (χ3v) is 2.68. The van der Waals surface area contributed by atoms with Crippen molar-refractivity contribution in [3.8, 4) is 0 Å². The van der Waals surface area contributed by atoms with Gasteiger partial charge in [0.2, 0.25) is 11.1 Å². The highest BCUT2D eigenvalue weighted by atomic mass is 35.5. The topological polar surface area (TPSA) is 81.2 Å². The number of carbonyl (C=O) groups is 1. The van der Waals surface area contributed by atoms with E-state index in [-0.39, 0.29) is 30.5 Å². The van der Waals surface area contributed by atoms with Crippen molar-refractivity contribution in [3.63, 3.8) is 0 Å². The second-order valence-corrected chi connectivity index (χ2v) is 4.20. The minimum absolute atomic E-state index is 0. The summed E-state index contributed by atoms with van der Waals surface area (Å²) in [5.74, 6) is -3.58. The lowest BCUT2D eigenvalue weighted by atomic mass is 10.1. The number of nitrogens with zero attached hydrogens (tertiary/aromatic N) is 1. The van der Waals surface area contributed by atoms with E-state index < -0.39 is 24.9 Å². The van der Waals surface area contributed by atoms with E-state index in [2.05, 4.69) is 10.5 Å². The second kappa shape index (κ2) is 7.62. The maximum absolute atomic E-state index is 12.8. The van der Waals surface area contributed by atoms with Crippen molar-refractivity contribution in [2.24, 2.45) is 5.73 Å². The standard InChI is InChI=1S/C10H14ClF2N3O2.ClH/c1-6-7(9(11)18-16-6)2-3-8(17)15-5-10(12,13)4-14;/h2-5,14H2,1H3,(H,15,17);1H. The van der Waals surface area contributed by atoms with Gasteiger partial charge in [0.05, 0.1) is 18.8 Å². The number of halogens is 4. The van der Waals surface area contributed by atoms with Gasteiger partial charge in [0.25, 0.3) is 5.92 Å². The number of aryl methyl sites for hydroxylation is 1. The molecule has 0 aliphatic carbocycles. The summed E-state index contributed by atoms with van der Waals surface area (Å²) in [5.41, 5.74) is 6.04. The number of carbonyl (C=O) groups excluding carboxylic acids is 1. The van der Waals surface area contributed by atoms with Gasteiger partial charge < -0.3 is 15.6 Å². The van der Waals surface area contributed by atoms with E-state index in [0.29, 0.717) is 11.3 Å². The van der Waals surface area contributed by atoms with Gasteiger partial charge in [-0.25, -0.2) is 8.78 Å². The van der Waals surface area contributed by atoms with E-state index in [1.165, 1.54) is 0 Å². The van der Waals surface area contributed by atoms with Gasteiger partial charge in [0.15, 0.2) is 0 Å². The minimum atomic E-state index is -3.08. The number of hydrogen-bond acceptors (Lipinski definition) is 4. The average Bonchev–Trinajstić information content (AvgIpc) is 2.64. The molecule has 1 amide bonds. The predicted molar refractivity (Wildman–Crippen MR) is 68.8 cm³/mol. The first kappa shape index (κ1) is 18.1. The molecular formula is C10H15Cl2F2N3O2. The fraction of sp³-hybridized carbons (Fsp3) is 0.600. The smallest absolute Gasteiger partial charge is 0.277 e. The Morgan fingerprint density at radius 1 is 1.58 bits per heavy atom. The lowest BCUT2D eigenvalue weighted by molar-refractivity contribution is -0.122. The number of amides is 1. The van der Waals surface area contributed by atoms with E-state index in [1.54, 1.807) is 6.92 Å². The van der Waals surface area contributed by atoms with Crippen molar-refractivity contribution >= 4 is 29.9 Å². The molecule has 0 radical (unpaired) electrons. The monoisotopic (exact) mass is 317 g/mol. The van der Waals surface area contributed by atoms with Crippen LogP contribution in [0.2, 0.25) is 5.22 Å². The summed E-state index contributed by atoms with van der Waals surface area (Å²) < 4.78 is 30.2. The molecule has 0 aliphatic rings. The highest BCUT2D eigenvalue weighted by Gasteiger charge is 2.27. The molecule has 3 N–H and O–H groups in total. The molecule has 1 rings (SSSR count). The number of nitrogens with two attached hydrogens (primary N) is 1. The molecule has 1 aromatic rings. The average molecular weight is 318 g/mol. The van der Waals surface area contributed by atoms with Crippen LogP contribution in [0.3, 0.4) is 0 Å². The SMILES string of the molecule is Cc1noc(Cl)c1CCC(=O)NCC(F)(F)CN.Cl. The fourth-order valence-corrected chi connectivity index (χ4v) is 1.53. The summed E-state index contributed by atoms with van der Waals surface area (Å²) in [5, 5.41) is 5.85. The Morgan fingerprint density at radius 3 is 2.68 bits per heavy atom. The van der Waals surface area contributed by atoms with Crippen LogP contribution in [-0.4, -0.2) is 30.1 Å². The molecule has 0 bridgehead atoms. The summed E-state index contributed by atoms with van der Waals surface area (Å²) in [4.78, 5) is 11.3. The Morgan fingerprint density at radius 2 is 2.21 bits per heavy atom. The minimum Gasteiger partial charge on any atom is -0.350 e. The van der Waals surface area contributed by atoms with E-state index in [0.717, 1.165) is 0 Å². The van der Waals surface area contributed by atoms with Crippen LogP contribution in [0.15, 0.2) is 4.52 Å². The van der Waals surface area contributed by atoms with Crippen LogP contribution in [0, 0.1) is 6.92 Å². The number of alkyl halides is 2. The molecule has 0 saturated carbocycles. The second-order valence-electron chi connectivity index (χ2n) is 3.86. The van der Waals surface area contributed by atoms with Crippen molar-refractivity contribution in [3.05, 3.63) is 16.5 Å². The number of aromatic nitrogens is 1. The first-order valence-corrected chi connectivity index (χ1v) is 5.69. The predicted octanol–water partition coefficient (Wildman–Crippen LogP) is 1.70. The molecule has 110 valence electrons. The van der Waals surface area contributed by atoms with Crippen molar-refractivity contribution < 1.29 is 18.1 Å². The highest BCUT2D eigenvalue weighted by molar-refractivity contribution is 6.29. The number of nitrogens with one attached hydrogen (secondary N) is 1. The molecule has 0 aromatic carbocycles. The van der Waals surface area contributed by atoms with Crippen LogP contribution in [0.4, 0.5) is 8.78 Å². The van der Waals surface area contributed by atoms with E-state index >= 15 is 0 Å². The fourth-order valence-electron chi connectivity index (χ4n) is 1.27. The Balaban J connectivity index is 0.00000324. The van der Waals surface area contributed by atoms with Crippen LogP contribution in [0.25, 0.3) is 0 Å². The molecule has 19 heavy (non-hydrogen) atoms. The number of rotatable bonds is 6. The normalized spacial score (nSPS) is 11.0. The van der Waals surface area contributed by atoms with E-state index in [1.807, 2.05) is 0 Å². The summed E-state index contributed by atoms with van der Waals surface area (Å²) in [6.07, 6.45) is 0.316. The molecule has 1 heterocycles. The number of hydrogen-bond donors (Lipinski definition) is 2. The molecule has 1 aromatic heterocycles. The summed E-state index contributed by atoms with van der Waals surface area (Å²) in [6.45, 7) is 0.119. The lowest BCUT2D eigenvalue weighted by Crippen LogP contribution is -2.41. The molecule has 0 unspecified atom stereocenters. The van der Waals surface area contributed by atoms with Crippen LogP contribution < -0.4 is 11.1 Å². The highest BCUT2D eigenvalue weighted by Crippen LogP contribution is 2.20. The van der Waals surface area contributed by atoms with Gasteiger partial charge in [-0.15, -0.1) is 12.4 Å². The van der Waals surface area contributed by atoms with Gasteiger partial charge in [-0.2, -0.15) is 0 Å². The summed E-state index contributed by atoms with van der Waals surface area (Å²) in [7, 11) is 0. The van der Waals surface area contributed by atoms with E-state index in [4.69, 9.17) is 21.9 Å². The van der Waals surface area contributed by atoms with Crippen molar-refractivity contribution in [1.29, 1.82) is 0 Å². The van der Waals surface area contributed by atoms with Gasteiger partial charge in [-0.3, -0.25) is 4.79 Å². The quantitative estimate of drug-likeness (QED) is 0.836. The van der Waals surface area contributed by atoms with Gasteiger partial charge >= 0.3 is 0 Å². The van der Waals surface area contributed by atoms with Crippen molar-refractivity contribution in [1.82, 2.24) is 10.5 Å². The van der Waals surface area contributed by atoms with Crippen LogP contribution in [0.5, 0.6) is 0 Å². The maximum Gasteiger partial charge on any atom is 0.277 e. The molecule has 0 aliphatic heterocycles. The zero-order chi connectivity index (χ0) is 13.8. The van der Waals surface area contributed by atoms with Crippen LogP contribution in [0.1, 0.15) is 17.7 Å². The maximum atomic E-state index is 12.8. The first-order valence-electron chi connectivity index (χ1n) is 5.31. The van der Waals surface area contributed by atoms with Crippen LogP contribution >= 0.6 is 24.0 Å². The van der Waals surface area contributed by atoms with Gasteiger partial charge in [0.1, 0.15) is 0 Å². The Bertz CT molecular complexity index is 407. The van der Waals surface area contributed by atoms with E-state index in [9.17, 15) is 13.6 Å². The zero-order valence-corrected chi connectivity index (χ0v) is 11.8. The third-order valence-electron chi connectivity index (χ3n) is 2.38. The lowest BCUT2D eigenvalue weighted by Gasteiger charge is -2.14. The van der Waals surface area contributed by atoms with Gasteiger partial charge in [0, 0.05) is 12.0 Å². The van der Waals surface area contributed by atoms with Crippen LogP contribution in [-0.2, 0) is 11.2 Å². The molecule has 5 nitrogen and oxygen atoms in total. The Hall–Kier alpha value is -0.920. The van der Waals surface area contributed by atoms with Crippen molar-refractivity contribution in [2.45, 2.75) is 25.7 Å². The molecule has 0 fully saturated rings. The van der Waals surface area contributed by atoms with Gasteiger partial charge in [-0.1, -0.05) is 5.16 Å². The Labute approximate surface area is 120 Å². The molecule has 0 spiro atoms. The van der Waals surface area contributed by atoms with Crippen molar-refractivity contribution in [2.75, 3.05) is 13.1 Å². The first-order chi connectivity index (χ1) is 8.35.